The predicted octanol–water partition coefficient (Wildman–Crippen LogP) is 3.56. The number of hydrogen-bond acceptors (Lipinski definition) is 3. The molecule has 4 heteroatoms. The van der Waals surface area contributed by atoms with Crippen LogP contribution < -0.4 is 5.32 Å². The number of aliphatic hydroxyl groups is 1. The number of nitrogens with zero attached hydrogens (tertiary/aromatic N) is 1. The summed E-state index contributed by atoms with van der Waals surface area (Å²) >= 11 is 0. The standard InChI is InChI=1S/C24H31N2O2/c1-17-25-21(23(28)26(17)16-19-13-9-6-10-14-19)22(27)20(24(2,3)4)15-18-11-7-5-8-12-18/h5-14,17,21-22,25,27H,15-16H2,1-4H3. The fraction of sp³-hybridized carbons (Fsp3) is 0.417. The van der Waals surface area contributed by atoms with Gasteiger partial charge in [-0.25, -0.2) is 0 Å². The largest absolute Gasteiger partial charge is 0.390 e. The number of carbonyl (C=O) groups is 1. The van der Waals surface area contributed by atoms with Crippen LogP contribution in [-0.4, -0.2) is 34.2 Å². The summed E-state index contributed by atoms with van der Waals surface area (Å²) in [7, 11) is 0. The van der Waals surface area contributed by atoms with E-state index in [1.807, 2.05) is 60.4 Å². The summed E-state index contributed by atoms with van der Waals surface area (Å²) in [5.41, 5.74) is 2.02. The summed E-state index contributed by atoms with van der Waals surface area (Å²) in [6, 6.07) is 19.5. The summed E-state index contributed by atoms with van der Waals surface area (Å²) in [6.07, 6.45) is -0.300. The predicted molar refractivity (Wildman–Crippen MR) is 112 cm³/mol. The van der Waals surface area contributed by atoms with Crippen molar-refractivity contribution in [2.75, 3.05) is 0 Å². The van der Waals surface area contributed by atoms with Crippen LogP contribution in [0.5, 0.6) is 0 Å². The number of carbonyl (C=O) groups excluding carboxylic acids is 1. The van der Waals surface area contributed by atoms with Gasteiger partial charge in [0.2, 0.25) is 5.91 Å². The molecule has 3 rings (SSSR count). The molecule has 28 heavy (non-hydrogen) atoms. The van der Waals surface area contributed by atoms with Gasteiger partial charge < -0.3 is 10.0 Å². The number of hydrogen-bond donors (Lipinski definition) is 2. The van der Waals surface area contributed by atoms with Crippen molar-refractivity contribution in [2.45, 2.75) is 59.0 Å². The molecule has 1 heterocycles. The van der Waals surface area contributed by atoms with E-state index in [0.29, 0.717) is 13.0 Å². The van der Waals surface area contributed by atoms with Crippen molar-refractivity contribution in [1.29, 1.82) is 0 Å². The highest BCUT2D eigenvalue weighted by atomic mass is 16.3. The summed E-state index contributed by atoms with van der Waals surface area (Å²) in [5.74, 6) is 0.928. The molecule has 2 aromatic carbocycles. The van der Waals surface area contributed by atoms with Crippen LogP contribution in [0.3, 0.4) is 0 Å². The van der Waals surface area contributed by atoms with Crippen molar-refractivity contribution < 1.29 is 9.90 Å². The molecule has 4 nitrogen and oxygen atoms in total. The quantitative estimate of drug-likeness (QED) is 0.807. The molecule has 2 aromatic rings. The van der Waals surface area contributed by atoms with Crippen LogP contribution in [0.4, 0.5) is 0 Å². The third-order valence-corrected chi connectivity index (χ3v) is 5.51. The van der Waals surface area contributed by atoms with E-state index in [-0.39, 0.29) is 17.5 Å². The molecule has 0 bridgehead atoms. The van der Waals surface area contributed by atoms with E-state index in [1.54, 1.807) is 0 Å². The topological polar surface area (TPSA) is 52.6 Å². The Balaban J connectivity index is 1.77. The number of aliphatic hydroxyl groups excluding tert-OH is 1. The van der Waals surface area contributed by atoms with Crippen molar-refractivity contribution in [2.24, 2.45) is 5.41 Å². The van der Waals surface area contributed by atoms with Gasteiger partial charge in [0.25, 0.3) is 0 Å². The zero-order valence-electron chi connectivity index (χ0n) is 17.2. The smallest absolute Gasteiger partial charge is 0.244 e. The van der Waals surface area contributed by atoms with Crippen LogP contribution in [0.25, 0.3) is 0 Å². The lowest BCUT2D eigenvalue weighted by atomic mass is 9.72. The maximum absolute atomic E-state index is 13.1. The van der Waals surface area contributed by atoms with Gasteiger partial charge in [0.15, 0.2) is 0 Å². The Morgan fingerprint density at radius 2 is 1.57 bits per heavy atom. The van der Waals surface area contributed by atoms with E-state index in [4.69, 9.17) is 0 Å². The van der Waals surface area contributed by atoms with Crippen LogP contribution in [0, 0.1) is 11.3 Å². The molecule has 1 radical (unpaired) electrons. The van der Waals surface area contributed by atoms with Crippen LogP contribution >= 0.6 is 0 Å². The molecular formula is C24H31N2O2. The Kier molecular flexibility index (Phi) is 6.21. The second kappa shape index (κ2) is 8.46. The molecule has 1 fully saturated rings. The Morgan fingerprint density at radius 1 is 1.04 bits per heavy atom. The van der Waals surface area contributed by atoms with Crippen molar-refractivity contribution in [1.82, 2.24) is 10.2 Å². The van der Waals surface area contributed by atoms with Gasteiger partial charge in [-0.05, 0) is 29.9 Å². The highest BCUT2D eigenvalue weighted by Gasteiger charge is 2.45. The molecule has 0 spiro atoms. The third-order valence-electron chi connectivity index (χ3n) is 5.51. The first-order valence-corrected chi connectivity index (χ1v) is 9.96. The minimum Gasteiger partial charge on any atom is -0.390 e. The molecule has 3 unspecified atom stereocenters. The lowest BCUT2D eigenvalue weighted by Crippen LogP contribution is -2.48. The molecule has 3 atom stereocenters. The van der Waals surface area contributed by atoms with Crippen molar-refractivity contribution in [3.8, 4) is 0 Å². The van der Waals surface area contributed by atoms with Crippen molar-refractivity contribution in [3.63, 3.8) is 0 Å². The Hall–Kier alpha value is -2.17. The zero-order valence-corrected chi connectivity index (χ0v) is 17.2. The van der Waals surface area contributed by atoms with E-state index >= 15 is 0 Å². The molecule has 0 aliphatic carbocycles. The Labute approximate surface area is 168 Å². The van der Waals surface area contributed by atoms with Gasteiger partial charge in [0.1, 0.15) is 6.04 Å². The third kappa shape index (κ3) is 4.62. The Morgan fingerprint density at radius 3 is 2.11 bits per heavy atom. The Bertz CT molecular complexity index is 770. The van der Waals surface area contributed by atoms with Gasteiger partial charge >= 0.3 is 0 Å². The van der Waals surface area contributed by atoms with Crippen molar-refractivity contribution in [3.05, 3.63) is 77.7 Å². The number of amides is 1. The van der Waals surface area contributed by atoms with Gasteiger partial charge in [-0.3, -0.25) is 10.1 Å². The number of benzene rings is 2. The lowest BCUT2D eigenvalue weighted by Gasteiger charge is -2.36. The van der Waals surface area contributed by atoms with Crippen LogP contribution in [-0.2, 0) is 17.8 Å². The maximum Gasteiger partial charge on any atom is 0.244 e. The molecule has 1 aliphatic rings. The minimum atomic E-state index is -0.837. The second-order valence-corrected chi connectivity index (χ2v) is 8.65. The second-order valence-electron chi connectivity index (χ2n) is 8.65. The lowest BCUT2D eigenvalue weighted by molar-refractivity contribution is -0.132. The minimum absolute atomic E-state index is 0.0429. The molecule has 2 N–H and O–H groups in total. The summed E-state index contributed by atoms with van der Waals surface area (Å²) in [6.45, 7) is 8.80. The first-order chi connectivity index (χ1) is 13.3. The van der Waals surface area contributed by atoms with Crippen LogP contribution in [0.15, 0.2) is 60.7 Å². The number of rotatable bonds is 6. The first-order valence-electron chi connectivity index (χ1n) is 9.96. The first kappa shape index (κ1) is 20.6. The summed E-state index contributed by atoms with van der Waals surface area (Å²) < 4.78 is 0. The molecule has 0 saturated carbocycles. The molecule has 1 amide bonds. The zero-order chi connectivity index (χ0) is 20.3. The average molecular weight is 380 g/mol. The maximum atomic E-state index is 13.1. The van der Waals surface area contributed by atoms with Gasteiger partial charge in [0, 0.05) is 12.5 Å². The highest BCUT2D eigenvalue weighted by Crippen LogP contribution is 2.36. The molecule has 1 saturated heterocycles. The van der Waals surface area contributed by atoms with Crippen LogP contribution in [0.2, 0.25) is 0 Å². The molecule has 1 aliphatic heterocycles. The molecular weight excluding hydrogens is 348 g/mol. The monoisotopic (exact) mass is 379 g/mol. The highest BCUT2D eigenvalue weighted by molar-refractivity contribution is 5.85. The van der Waals surface area contributed by atoms with Gasteiger partial charge in [-0.2, -0.15) is 0 Å². The average Bonchev–Trinajstić information content (AvgIpc) is 2.95. The molecule has 0 aromatic heterocycles. The van der Waals surface area contributed by atoms with E-state index in [1.165, 1.54) is 0 Å². The van der Waals surface area contributed by atoms with E-state index < -0.39 is 12.1 Å². The summed E-state index contributed by atoms with van der Waals surface area (Å²) in [4.78, 5) is 14.9. The number of nitrogens with one attached hydrogen (secondary N) is 1. The SMILES string of the molecule is CC1NC(C(O)[C](Cc2ccccc2)C(C)(C)C)C(=O)N1Cc1ccccc1. The normalized spacial score (nSPS) is 21.4. The molecule has 149 valence electrons. The van der Waals surface area contributed by atoms with E-state index in [9.17, 15) is 9.90 Å². The van der Waals surface area contributed by atoms with E-state index in [0.717, 1.165) is 17.0 Å². The van der Waals surface area contributed by atoms with Gasteiger partial charge in [0.05, 0.1) is 12.3 Å². The van der Waals surface area contributed by atoms with Crippen LogP contribution in [0.1, 0.15) is 38.8 Å². The van der Waals surface area contributed by atoms with Gasteiger partial charge in [-0.15, -0.1) is 0 Å². The van der Waals surface area contributed by atoms with E-state index in [2.05, 4.69) is 38.2 Å². The van der Waals surface area contributed by atoms with Crippen molar-refractivity contribution >= 4 is 5.91 Å². The fourth-order valence-corrected chi connectivity index (χ4v) is 3.84. The van der Waals surface area contributed by atoms with Gasteiger partial charge in [-0.1, -0.05) is 81.4 Å². The summed E-state index contributed by atoms with van der Waals surface area (Å²) in [5, 5.41) is 14.5. The fourth-order valence-electron chi connectivity index (χ4n) is 3.84.